The van der Waals surface area contributed by atoms with E-state index in [2.05, 4.69) is 31.8 Å². The quantitative estimate of drug-likeness (QED) is 0.781. The van der Waals surface area contributed by atoms with E-state index in [1.54, 1.807) is 0 Å². The fraction of sp³-hybridized carbons (Fsp3) is 0.667. The minimum Gasteiger partial charge on any atom is -0.381 e. The van der Waals surface area contributed by atoms with Gasteiger partial charge in [0.2, 0.25) is 0 Å². The molecule has 0 N–H and O–H groups in total. The summed E-state index contributed by atoms with van der Waals surface area (Å²) < 4.78 is 5.40. The van der Waals surface area contributed by atoms with Crippen LogP contribution in [0.25, 0.3) is 0 Å². The topological polar surface area (TPSA) is 22.1 Å². The molecule has 1 aromatic heterocycles. The van der Waals surface area contributed by atoms with E-state index < -0.39 is 0 Å². The first-order valence-corrected chi connectivity index (χ1v) is 6.58. The SMILES string of the molecule is CC(C)(C)c1cncc(CC2CCOCC2)c1. The van der Waals surface area contributed by atoms with Gasteiger partial charge in [0.05, 0.1) is 0 Å². The number of ether oxygens (including phenoxy) is 1. The highest BCUT2D eigenvalue weighted by atomic mass is 16.5. The molecule has 0 radical (unpaired) electrons. The Bertz CT molecular complexity index is 361. The summed E-state index contributed by atoms with van der Waals surface area (Å²) in [6, 6.07) is 2.32. The van der Waals surface area contributed by atoms with Crippen LogP contribution in [0.3, 0.4) is 0 Å². The second kappa shape index (κ2) is 5.18. The molecule has 0 unspecified atom stereocenters. The lowest BCUT2D eigenvalue weighted by molar-refractivity contribution is 0.0665. The standard InChI is InChI=1S/C15H23NO/c1-15(2,3)14-9-13(10-16-11-14)8-12-4-6-17-7-5-12/h9-12H,4-8H2,1-3H3. The Morgan fingerprint density at radius 3 is 2.59 bits per heavy atom. The van der Waals surface area contributed by atoms with Crippen LogP contribution in [0.4, 0.5) is 0 Å². The highest BCUT2D eigenvalue weighted by Gasteiger charge is 2.17. The third-order valence-corrected chi connectivity index (χ3v) is 3.53. The normalized spacial score (nSPS) is 18.3. The Labute approximate surface area is 104 Å². The lowest BCUT2D eigenvalue weighted by Crippen LogP contribution is -2.18. The molecule has 0 atom stereocenters. The van der Waals surface area contributed by atoms with Crippen LogP contribution in [0.1, 0.15) is 44.7 Å². The molecule has 1 fully saturated rings. The van der Waals surface area contributed by atoms with E-state index >= 15 is 0 Å². The van der Waals surface area contributed by atoms with Gasteiger partial charge in [-0.3, -0.25) is 4.98 Å². The highest BCUT2D eigenvalue weighted by molar-refractivity contribution is 5.24. The average Bonchev–Trinajstić information content (AvgIpc) is 2.29. The van der Waals surface area contributed by atoms with E-state index in [-0.39, 0.29) is 5.41 Å². The van der Waals surface area contributed by atoms with E-state index in [0.717, 1.165) is 25.6 Å². The lowest BCUT2D eigenvalue weighted by atomic mass is 9.86. The van der Waals surface area contributed by atoms with Gasteiger partial charge in [0.15, 0.2) is 0 Å². The van der Waals surface area contributed by atoms with Crippen LogP contribution in [0.5, 0.6) is 0 Å². The fourth-order valence-corrected chi connectivity index (χ4v) is 2.29. The van der Waals surface area contributed by atoms with E-state index in [1.165, 1.54) is 24.0 Å². The van der Waals surface area contributed by atoms with Gasteiger partial charge in [-0.05, 0) is 41.7 Å². The zero-order chi connectivity index (χ0) is 12.3. The van der Waals surface area contributed by atoms with Crippen LogP contribution in [0.15, 0.2) is 18.5 Å². The summed E-state index contributed by atoms with van der Waals surface area (Å²) in [6.07, 6.45) is 7.55. The molecule has 0 spiro atoms. The van der Waals surface area contributed by atoms with Gasteiger partial charge >= 0.3 is 0 Å². The van der Waals surface area contributed by atoms with Gasteiger partial charge in [0.1, 0.15) is 0 Å². The molecule has 94 valence electrons. The molecule has 1 aliphatic heterocycles. The summed E-state index contributed by atoms with van der Waals surface area (Å²) in [7, 11) is 0. The maximum atomic E-state index is 5.40. The number of hydrogen-bond acceptors (Lipinski definition) is 2. The number of aromatic nitrogens is 1. The third kappa shape index (κ3) is 3.53. The van der Waals surface area contributed by atoms with Crippen LogP contribution in [0, 0.1) is 5.92 Å². The molecular formula is C15H23NO. The Kier molecular flexibility index (Phi) is 3.82. The van der Waals surface area contributed by atoms with Crippen molar-refractivity contribution in [3.8, 4) is 0 Å². The van der Waals surface area contributed by atoms with Crippen molar-refractivity contribution in [2.75, 3.05) is 13.2 Å². The Balaban J connectivity index is 2.05. The molecule has 0 saturated carbocycles. The molecule has 0 aromatic carbocycles. The largest absolute Gasteiger partial charge is 0.381 e. The van der Waals surface area contributed by atoms with Crippen molar-refractivity contribution in [1.29, 1.82) is 0 Å². The predicted octanol–water partition coefficient (Wildman–Crippen LogP) is 3.35. The van der Waals surface area contributed by atoms with Crippen molar-refractivity contribution >= 4 is 0 Å². The number of rotatable bonds is 2. The first-order chi connectivity index (χ1) is 8.05. The highest BCUT2D eigenvalue weighted by Crippen LogP contribution is 2.24. The van der Waals surface area contributed by atoms with Gasteiger partial charge in [-0.1, -0.05) is 26.8 Å². The van der Waals surface area contributed by atoms with Crippen LogP contribution < -0.4 is 0 Å². The van der Waals surface area contributed by atoms with Crippen molar-refractivity contribution in [1.82, 2.24) is 4.98 Å². The first-order valence-electron chi connectivity index (χ1n) is 6.58. The molecule has 2 heteroatoms. The van der Waals surface area contributed by atoms with E-state index in [1.807, 2.05) is 12.4 Å². The molecule has 2 nitrogen and oxygen atoms in total. The molecule has 1 aromatic rings. The van der Waals surface area contributed by atoms with Crippen LogP contribution in [0.2, 0.25) is 0 Å². The van der Waals surface area contributed by atoms with Gasteiger partial charge < -0.3 is 4.74 Å². The zero-order valence-corrected chi connectivity index (χ0v) is 11.2. The van der Waals surface area contributed by atoms with Gasteiger partial charge in [-0.15, -0.1) is 0 Å². The van der Waals surface area contributed by atoms with E-state index in [4.69, 9.17) is 4.74 Å². The van der Waals surface area contributed by atoms with Gasteiger partial charge in [-0.25, -0.2) is 0 Å². The third-order valence-electron chi connectivity index (χ3n) is 3.53. The Hall–Kier alpha value is -0.890. The molecule has 17 heavy (non-hydrogen) atoms. The van der Waals surface area contributed by atoms with Crippen molar-refractivity contribution < 1.29 is 4.74 Å². The number of nitrogens with zero attached hydrogens (tertiary/aromatic N) is 1. The first kappa shape index (κ1) is 12.6. The monoisotopic (exact) mass is 233 g/mol. The molecule has 0 bridgehead atoms. The maximum absolute atomic E-state index is 5.40. The van der Waals surface area contributed by atoms with Crippen molar-refractivity contribution in [3.05, 3.63) is 29.6 Å². The zero-order valence-electron chi connectivity index (χ0n) is 11.2. The summed E-state index contributed by atoms with van der Waals surface area (Å²) in [4.78, 5) is 4.39. The van der Waals surface area contributed by atoms with Crippen molar-refractivity contribution in [2.24, 2.45) is 5.92 Å². The molecule has 2 heterocycles. The average molecular weight is 233 g/mol. The lowest BCUT2D eigenvalue weighted by Gasteiger charge is -2.23. The van der Waals surface area contributed by atoms with Crippen LogP contribution >= 0.6 is 0 Å². The van der Waals surface area contributed by atoms with Gasteiger partial charge in [0, 0.05) is 25.6 Å². The summed E-state index contributed by atoms with van der Waals surface area (Å²) in [6.45, 7) is 8.57. The van der Waals surface area contributed by atoms with Gasteiger partial charge in [0.25, 0.3) is 0 Å². The van der Waals surface area contributed by atoms with Crippen LogP contribution in [-0.2, 0) is 16.6 Å². The Morgan fingerprint density at radius 1 is 1.24 bits per heavy atom. The van der Waals surface area contributed by atoms with Crippen molar-refractivity contribution in [2.45, 2.75) is 45.4 Å². The van der Waals surface area contributed by atoms with Gasteiger partial charge in [-0.2, -0.15) is 0 Å². The Morgan fingerprint density at radius 2 is 1.94 bits per heavy atom. The van der Waals surface area contributed by atoms with E-state index in [0.29, 0.717) is 0 Å². The minimum atomic E-state index is 0.193. The molecule has 0 amide bonds. The number of pyridine rings is 1. The molecule has 0 aliphatic carbocycles. The fourth-order valence-electron chi connectivity index (χ4n) is 2.29. The van der Waals surface area contributed by atoms with E-state index in [9.17, 15) is 0 Å². The molecule has 1 aliphatic rings. The second-order valence-corrected chi connectivity index (χ2v) is 6.09. The second-order valence-electron chi connectivity index (χ2n) is 6.09. The van der Waals surface area contributed by atoms with Crippen LogP contribution in [-0.4, -0.2) is 18.2 Å². The predicted molar refractivity (Wildman–Crippen MR) is 70.2 cm³/mol. The summed E-state index contributed by atoms with van der Waals surface area (Å²) >= 11 is 0. The smallest absolute Gasteiger partial charge is 0.0468 e. The van der Waals surface area contributed by atoms with Crippen molar-refractivity contribution in [3.63, 3.8) is 0 Å². The summed E-state index contributed by atoms with van der Waals surface area (Å²) in [5.41, 5.74) is 2.91. The number of hydrogen-bond donors (Lipinski definition) is 0. The summed E-state index contributed by atoms with van der Waals surface area (Å²) in [5.74, 6) is 0.778. The summed E-state index contributed by atoms with van der Waals surface area (Å²) in [5, 5.41) is 0. The molecule has 1 saturated heterocycles. The molecular weight excluding hydrogens is 210 g/mol. The maximum Gasteiger partial charge on any atom is 0.0468 e. The molecule has 2 rings (SSSR count). The minimum absolute atomic E-state index is 0.193.